The zero-order chi connectivity index (χ0) is 7.56. The number of nitrogens with one attached hydrogen (secondary N) is 1. The van der Waals surface area contributed by atoms with Gasteiger partial charge in [0, 0.05) is 20.1 Å². The number of carbonyl (C=O) groups excluding carboxylic acids is 1. The number of methoxy groups -OCH3 is 1. The van der Waals surface area contributed by atoms with Crippen LogP contribution in [0.5, 0.6) is 0 Å². The molecule has 0 bridgehead atoms. The fraction of sp³-hybridized carbons (Fsp3) is 0.833. The largest absolute Gasteiger partial charge is 0.469 e. The first-order valence-corrected chi connectivity index (χ1v) is 3.26. The summed E-state index contributed by atoms with van der Waals surface area (Å²) < 4.78 is 4.58. The Morgan fingerprint density at radius 3 is 2.90 bits per heavy atom. The highest BCUT2D eigenvalue weighted by atomic mass is 16.5. The molecule has 0 aromatic rings. The molecule has 1 unspecified atom stereocenters. The van der Waals surface area contributed by atoms with E-state index in [1.54, 1.807) is 0 Å². The van der Waals surface area contributed by atoms with Gasteiger partial charge in [-0.05, 0) is 0 Å². The van der Waals surface area contributed by atoms with Crippen molar-refractivity contribution in [1.29, 1.82) is 0 Å². The molecule has 0 aromatic carbocycles. The fourth-order valence-electron chi connectivity index (χ4n) is 1.05. The molecule has 1 aliphatic heterocycles. The highest BCUT2D eigenvalue weighted by Crippen LogP contribution is 2.05. The second-order valence-corrected chi connectivity index (χ2v) is 2.46. The molecular weight excluding hydrogens is 132 g/mol. The van der Waals surface area contributed by atoms with Gasteiger partial charge in [-0.3, -0.25) is 10.2 Å². The van der Waals surface area contributed by atoms with Crippen molar-refractivity contribution in [2.45, 2.75) is 0 Å². The molecule has 1 atom stereocenters. The summed E-state index contributed by atoms with van der Waals surface area (Å²) >= 11 is 0. The maximum absolute atomic E-state index is 10.9. The van der Waals surface area contributed by atoms with Gasteiger partial charge in [-0.1, -0.05) is 0 Å². The van der Waals surface area contributed by atoms with Crippen LogP contribution in [0, 0.1) is 5.92 Å². The van der Waals surface area contributed by atoms with E-state index in [9.17, 15) is 4.79 Å². The van der Waals surface area contributed by atoms with Gasteiger partial charge in [0.25, 0.3) is 0 Å². The SMILES string of the molecule is COC(=O)C1CNN(C)C1. The molecule has 0 radical (unpaired) electrons. The second-order valence-electron chi connectivity index (χ2n) is 2.46. The summed E-state index contributed by atoms with van der Waals surface area (Å²) in [5, 5.41) is 1.89. The molecule has 0 amide bonds. The van der Waals surface area contributed by atoms with E-state index in [1.165, 1.54) is 7.11 Å². The average Bonchev–Trinajstić information content (AvgIpc) is 2.34. The molecule has 0 aromatic heterocycles. The highest BCUT2D eigenvalue weighted by molar-refractivity contribution is 5.73. The number of hydrazine groups is 1. The number of hydrogen-bond donors (Lipinski definition) is 1. The lowest BCUT2D eigenvalue weighted by Crippen LogP contribution is -2.25. The van der Waals surface area contributed by atoms with Gasteiger partial charge in [0.15, 0.2) is 0 Å². The van der Waals surface area contributed by atoms with Crippen molar-refractivity contribution >= 4 is 5.97 Å². The van der Waals surface area contributed by atoms with Gasteiger partial charge in [-0.25, -0.2) is 5.01 Å². The number of hydrogen-bond acceptors (Lipinski definition) is 4. The minimum absolute atomic E-state index is 0.00926. The molecule has 4 nitrogen and oxygen atoms in total. The third-order valence-electron chi connectivity index (χ3n) is 1.64. The van der Waals surface area contributed by atoms with E-state index < -0.39 is 0 Å². The summed E-state index contributed by atoms with van der Waals surface area (Å²) in [7, 11) is 3.32. The summed E-state index contributed by atoms with van der Waals surface area (Å²) in [6, 6.07) is 0. The van der Waals surface area contributed by atoms with E-state index in [0.29, 0.717) is 6.54 Å². The van der Waals surface area contributed by atoms with Crippen LogP contribution in [0.15, 0.2) is 0 Å². The minimum atomic E-state index is -0.128. The molecule has 0 saturated carbocycles. The Balaban J connectivity index is 2.37. The first-order chi connectivity index (χ1) is 4.74. The normalized spacial score (nSPS) is 26.8. The van der Waals surface area contributed by atoms with Crippen molar-refractivity contribution in [3.8, 4) is 0 Å². The molecule has 0 spiro atoms. The molecular formula is C6H12N2O2. The predicted octanol–water partition coefficient (Wildman–Crippen LogP) is -0.774. The Morgan fingerprint density at radius 2 is 2.50 bits per heavy atom. The molecule has 1 aliphatic rings. The number of rotatable bonds is 1. The average molecular weight is 144 g/mol. The zero-order valence-electron chi connectivity index (χ0n) is 6.26. The Hall–Kier alpha value is -0.610. The Bertz CT molecular complexity index is 138. The van der Waals surface area contributed by atoms with Crippen LogP contribution in [0.1, 0.15) is 0 Å². The first-order valence-electron chi connectivity index (χ1n) is 3.26. The number of nitrogens with zero attached hydrogens (tertiary/aromatic N) is 1. The lowest BCUT2D eigenvalue weighted by Gasteiger charge is -2.05. The monoisotopic (exact) mass is 144 g/mol. The number of esters is 1. The van der Waals surface area contributed by atoms with E-state index in [4.69, 9.17) is 0 Å². The van der Waals surface area contributed by atoms with Crippen LogP contribution < -0.4 is 5.43 Å². The van der Waals surface area contributed by atoms with Crippen molar-refractivity contribution in [3.05, 3.63) is 0 Å². The standard InChI is InChI=1S/C6H12N2O2/c1-8-4-5(3-7-8)6(9)10-2/h5,7H,3-4H2,1-2H3. The third-order valence-corrected chi connectivity index (χ3v) is 1.64. The van der Waals surface area contributed by atoms with Crippen molar-refractivity contribution in [3.63, 3.8) is 0 Å². The van der Waals surface area contributed by atoms with Crippen molar-refractivity contribution in [2.24, 2.45) is 5.92 Å². The maximum Gasteiger partial charge on any atom is 0.311 e. The van der Waals surface area contributed by atoms with E-state index in [2.05, 4.69) is 10.2 Å². The van der Waals surface area contributed by atoms with Crippen LogP contribution in [0.25, 0.3) is 0 Å². The van der Waals surface area contributed by atoms with Gasteiger partial charge >= 0.3 is 5.97 Å². The van der Waals surface area contributed by atoms with E-state index >= 15 is 0 Å². The van der Waals surface area contributed by atoms with Gasteiger partial charge in [0.05, 0.1) is 13.0 Å². The molecule has 10 heavy (non-hydrogen) atoms. The van der Waals surface area contributed by atoms with Gasteiger partial charge in [0.1, 0.15) is 0 Å². The maximum atomic E-state index is 10.9. The van der Waals surface area contributed by atoms with Gasteiger partial charge in [-0.2, -0.15) is 0 Å². The van der Waals surface area contributed by atoms with E-state index in [1.807, 2.05) is 12.1 Å². The summed E-state index contributed by atoms with van der Waals surface area (Å²) in [6.07, 6.45) is 0. The van der Waals surface area contributed by atoms with Gasteiger partial charge < -0.3 is 4.74 Å². The molecule has 1 rings (SSSR count). The van der Waals surface area contributed by atoms with Crippen LogP contribution in [0.3, 0.4) is 0 Å². The van der Waals surface area contributed by atoms with E-state index in [-0.39, 0.29) is 11.9 Å². The van der Waals surface area contributed by atoms with Crippen LogP contribution in [-0.4, -0.2) is 38.2 Å². The van der Waals surface area contributed by atoms with Crippen LogP contribution in [0.2, 0.25) is 0 Å². The quantitative estimate of drug-likeness (QED) is 0.490. The Labute approximate surface area is 60.1 Å². The lowest BCUT2D eigenvalue weighted by atomic mass is 10.2. The van der Waals surface area contributed by atoms with Crippen molar-refractivity contribution < 1.29 is 9.53 Å². The fourth-order valence-corrected chi connectivity index (χ4v) is 1.05. The first kappa shape index (κ1) is 7.50. The molecule has 1 heterocycles. The van der Waals surface area contributed by atoms with Crippen LogP contribution in [-0.2, 0) is 9.53 Å². The molecule has 0 aliphatic carbocycles. The summed E-state index contributed by atoms with van der Waals surface area (Å²) in [5.41, 5.74) is 3.02. The second kappa shape index (κ2) is 2.98. The summed E-state index contributed by atoms with van der Waals surface area (Å²) in [4.78, 5) is 10.9. The third kappa shape index (κ3) is 1.46. The molecule has 1 saturated heterocycles. The number of ether oxygens (including phenoxy) is 1. The highest BCUT2D eigenvalue weighted by Gasteiger charge is 2.26. The lowest BCUT2D eigenvalue weighted by molar-refractivity contribution is -0.144. The Morgan fingerprint density at radius 1 is 1.80 bits per heavy atom. The minimum Gasteiger partial charge on any atom is -0.469 e. The smallest absolute Gasteiger partial charge is 0.311 e. The van der Waals surface area contributed by atoms with E-state index in [0.717, 1.165) is 6.54 Å². The van der Waals surface area contributed by atoms with Crippen molar-refractivity contribution in [2.75, 3.05) is 27.2 Å². The zero-order valence-corrected chi connectivity index (χ0v) is 6.26. The van der Waals surface area contributed by atoms with Crippen LogP contribution in [0.4, 0.5) is 0 Å². The van der Waals surface area contributed by atoms with Crippen LogP contribution >= 0.6 is 0 Å². The summed E-state index contributed by atoms with van der Waals surface area (Å²) in [5.74, 6) is -0.119. The Kier molecular flexibility index (Phi) is 2.24. The van der Waals surface area contributed by atoms with Gasteiger partial charge in [-0.15, -0.1) is 0 Å². The molecule has 58 valence electrons. The van der Waals surface area contributed by atoms with Crippen molar-refractivity contribution in [1.82, 2.24) is 10.4 Å². The molecule has 1 N–H and O–H groups in total. The number of carbonyl (C=O) groups is 1. The molecule has 4 heteroatoms. The summed E-state index contributed by atoms with van der Waals surface area (Å²) in [6.45, 7) is 1.44. The van der Waals surface area contributed by atoms with Gasteiger partial charge in [0.2, 0.25) is 0 Å². The molecule has 1 fully saturated rings. The topological polar surface area (TPSA) is 41.6 Å². The predicted molar refractivity (Wildman–Crippen MR) is 36.1 cm³/mol.